The van der Waals surface area contributed by atoms with Gasteiger partial charge < -0.3 is 10.5 Å². The van der Waals surface area contributed by atoms with Gasteiger partial charge in [-0.25, -0.2) is 0 Å². The molecule has 0 aromatic heterocycles. The molecule has 4 unspecified atom stereocenters. The zero-order chi connectivity index (χ0) is 13.0. The minimum absolute atomic E-state index is 0.397. The van der Waals surface area contributed by atoms with E-state index in [-0.39, 0.29) is 0 Å². The Balaban J connectivity index is 1.91. The zero-order valence-electron chi connectivity index (χ0n) is 12.1. The van der Waals surface area contributed by atoms with Crippen LogP contribution in [0.2, 0.25) is 0 Å². The highest BCUT2D eigenvalue weighted by molar-refractivity contribution is 4.91. The van der Waals surface area contributed by atoms with Crippen LogP contribution < -0.4 is 5.73 Å². The molecule has 2 aliphatic rings. The lowest BCUT2D eigenvalue weighted by Gasteiger charge is -2.44. The predicted molar refractivity (Wildman–Crippen MR) is 75.6 cm³/mol. The maximum absolute atomic E-state index is 6.37. The van der Waals surface area contributed by atoms with Gasteiger partial charge in [0, 0.05) is 25.7 Å². The number of likely N-dealkylation sites (tertiary alicyclic amines) is 1. The SMILES string of the molecule is CCC1CCC(N)C(N2CCCC(COC)C2)C1. The van der Waals surface area contributed by atoms with E-state index in [0.29, 0.717) is 12.1 Å². The number of piperidine rings is 1. The van der Waals surface area contributed by atoms with Crippen LogP contribution in [0.15, 0.2) is 0 Å². The largest absolute Gasteiger partial charge is 0.384 e. The first kappa shape index (κ1) is 14.3. The summed E-state index contributed by atoms with van der Waals surface area (Å²) in [6.07, 6.45) is 7.82. The van der Waals surface area contributed by atoms with Crippen molar-refractivity contribution in [1.82, 2.24) is 4.90 Å². The zero-order valence-corrected chi connectivity index (χ0v) is 12.1. The first-order valence-corrected chi connectivity index (χ1v) is 7.73. The normalized spacial score (nSPS) is 38.8. The van der Waals surface area contributed by atoms with Crippen molar-refractivity contribution in [2.24, 2.45) is 17.6 Å². The monoisotopic (exact) mass is 254 g/mol. The van der Waals surface area contributed by atoms with Gasteiger partial charge in [-0.05, 0) is 50.5 Å². The molecule has 1 saturated heterocycles. The Kier molecular flexibility index (Phi) is 5.46. The van der Waals surface area contributed by atoms with E-state index in [1.54, 1.807) is 0 Å². The van der Waals surface area contributed by atoms with E-state index in [4.69, 9.17) is 10.5 Å². The molecule has 18 heavy (non-hydrogen) atoms. The minimum Gasteiger partial charge on any atom is -0.384 e. The third-order valence-electron chi connectivity index (χ3n) is 4.98. The topological polar surface area (TPSA) is 38.5 Å². The maximum Gasteiger partial charge on any atom is 0.0502 e. The molecule has 4 atom stereocenters. The molecule has 0 bridgehead atoms. The summed E-state index contributed by atoms with van der Waals surface area (Å²) in [6, 6.07) is 1.03. The van der Waals surface area contributed by atoms with Crippen LogP contribution in [0, 0.1) is 11.8 Å². The Morgan fingerprint density at radius 1 is 1.22 bits per heavy atom. The van der Waals surface area contributed by atoms with Crippen molar-refractivity contribution in [1.29, 1.82) is 0 Å². The van der Waals surface area contributed by atoms with Gasteiger partial charge in [-0.15, -0.1) is 0 Å². The summed E-state index contributed by atoms with van der Waals surface area (Å²) in [6.45, 7) is 5.68. The molecule has 1 heterocycles. The predicted octanol–water partition coefficient (Wildman–Crippen LogP) is 2.25. The van der Waals surface area contributed by atoms with Crippen molar-refractivity contribution in [3.05, 3.63) is 0 Å². The molecule has 3 nitrogen and oxygen atoms in total. The van der Waals surface area contributed by atoms with E-state index < -0.39 is 0 Å². The lowest BCUT2D eigenvalue weighted by molar-refractivity contribution is 0.0401. The van der Waals surface area contributed by atoms with E-state index in [1.807, 2.05) is 7.11 Å². The number of methoxy groups -OCH3 is 1. The van der Waals surface area contributed by atoms with Gasteiger partial charge in [-0.1, -0.05) is 13.3 Å². The number of hydrogen-bond donors (Lipinski definition) is 1. The first-order valence-electron chi connectivity index (χ1n) is 7.73. The van der Waals surface area contributed by atoms with Crippen LogP contribution in [0.1, 0.15) is 45.4 Å². The summed E-state index contributed by atoms with van der Waals surface area (Å²) >= 11 is 0. The standard InChI is InChI=1S/C15H30N2O/c1-3-12-6-7-14(16)15(9-12)17-8-4-5-13(10-17)11-18-2/h12-15H,3-11,16H2,1-2H3. The van der Waals surface area contributed by atoms with Crippen LogP contribution in [-0.4, -0.2) is 43.8 Å². The summed E-state index contributed by atoms with van der Waals surface area (Å²) in [5.74, 6) is 1.62. The second-order valence-electron chi connectivity index (χ2n) is 6.28. The summed E-state index contributed by atoms with van der Waals surface area (Å²) in [5.41, 5.74) is 6.37. The van der Waals surface area contributed by atoms with Gasteiger partial charge in [0.2, 0.25) is 0 Å². The Bertz CT molecular complexity index is 245. The quantitative estimate of drug-likeness (QED) is 0.836. The van der Waals surface area contributed by atoms with Gasteiger partial charge in [-0.2, -0.15) is 0 Å². The molecule has 1 aliphatic carbocycles. The number of rotatable bonds is 4. The third-order valence-corrected chi connectivity index (χ3v) is 4.98. The van der Waals surface area contributed by atoms with Crippen molar-refractivity contribution >= 4 is 0 Å². The first-order chi connectivity index (χ1) is 8.74. The summed E-state index contributed by atoms with van der Waals surface area (Å²) in [7, 11) is 1.82. The number of ether oxygens (including phenoxy) is 1. The fraction of sp³-hybridized carbons (Fsp3) is 1.00. The maximum atomic E-state index is 6.37. The van der Waals surface area contributed by atoms with Crippen LogP contribution >= 0.6 is 0 Å². The Labute approximate surface area is 112 Å². The fourth-order valence-corrected chi connectivity index (χ4v) is 3.82. The van der Waals surface area contributed by atoms with Crippen molar-refractivity contribution in [2.75, 3.05) is 26.8 Å². The summed E-state index contributed by atoms with van der Waals surface area (Å²) in [4.78, 5) is 2.67. The molecule has 106 valence electrons. The van der Waals surface area contributed by atoms with Gasteiger partial charge in [-0.3, -0.25) is 4.90 Å². The molecular weight excluding hydrogens is 224 g/mol. The van der Waals surface area contributed by atoms with Crippen molar-refractivity contribution in [2.45, 2.75) is 57.5 Å². The van der Waals surface area contributed by atoms with Crippen LogP contribution in [0.3, 0.4) is 0 Å². The van der Waals surface area contributed by atoms with Gasteiger partial charge in [0.25, 0.3) is 0 Å². The van der Waals surface area contributed by atoms with E-state index in [2.05, 4.69) is 11.8 Å². The number of nitrogens with zero attached hydrogens (tertiary/aromatic N) is 1. The third kappa shape index (κ3) is 3.46. The smallest absolute Gasteiger partial charge is 0.0502 e. The van der Waals surface area contributed by atoms with Crippen LogP contribution in [0.4, 0.5) is 0 Å². The van der Waals surface area contributed by atoms with Crippen LogP contribution in [-0.2, 0) is 4.74 Å². The second kappa shape index (κ2) is 6.88. The Hall–Kier alpha value is -0.120. The van der Waals surface area contributed by atoms with Crippen LogP contribution in [0.5, 0.6) is 0 Å². The van der Waals surface area contributed by atoms with E-state index in [1.165, 1.54) is 51.6 Å². The Morgan fingerprint density at radius 2 is 2.06 bits per heavy atom. The lowest BCUT2D eigenvalue weighted by Crippen LogP contribution is -2.54. The van der Waals surface area contributed by atoms with Gasteiger partial charge in [0.15, 0.2) is 0 Å². The average molecular weight is 254 g/mol. The molecule has 0 aromatic rings. The van der Waals surface area contributed by atoms with Gasteiger partial charge in [0.1, 0.15) is 0 Å². The highest BCUT2D eigenvalue weighted by Gasteiger charge is 2.34. The molecular formula is C15H30N2O. The van der Waals surface area contributed by atoms with E-state index in [9.17, 15) is 0 Å². The van der Waals surface area contributed by atoms with Crippen molar-refractivity contribution in [3.8, 4) is 0 Å². The molecule has 2 fully saturated rings. The molecule has 2 rings (SSSR count). The van der Waals surface area contributed by atoms with E-state index in [0.717, 1.165) is 18.4 Å². The Morgan fingerprint density at radius 3 is 2.78 bits per heavy atom. The molecule has 0 spiro atoms. The van der Waals surface area contributed by atoms with E-state index >= 15 is 0 Å². The number of nitrogens with two attached hydrogens (primary N) is 1. The second-order valence-corrected chi connectivity index (χ2v) is 6.28. The lowest BCUT2D eigenvalue weighted by atomic mass is 9.79. The fourth-order valence-electron chi connectivity index (χ4n) is 3.82. The summed E-state index contributed by atoms with van der Waals surface area (Å²) < 4.78 is 5.33. The molecule has 1 aliphatic heterocycles. The van der Waals surface area contributed by atoms with Crippen molar-refractivity contribution in [3.63, 3.8) is 0 Å². The summed E-state index contributed by atoms with van der Waals surface area (Å²) in [5, 5.41) is 0. The molecule has 0 radical (unpaired) electrons. The minimum atomic E-state index is 0.397. The number of hydrogen-bond acceptors (Lipinski definition) is 3. The van der Waals surface area contributed by atoms with Crippen molar-refractivity contribution < 1.29 is 4.74 Å². The van der Waals surface area contributed by atoms with Gasteiger partial charge >= 0.3 is 0 Å². The molecule has 0 amide bonds. The molecule has 3 heteroatoms. The highest BCUT2D eigenvalue weighted by Crippen LogP contribution is 2.31. The molecule has 1 saturated carbocycles. The highest BCUT2D eigenvalue weighted by atomic mass is 16.5. The molecule has 2 N–H and O–H groups in total. The van der Waals surface area contributed by atoms with Gasteiger partial charge in [0.05, 0.1) is 6.61 Å². The van der Waals surface area contributed by atoms with Crippen LogP contribution in [0.25, 0.3) is 0 Å². The molecule has 0 aromatic carbocycles. The average Bonchev–Trinajstić information content (AvgIpc) is 2.40.